The first-order chi connectivity index (χ1) is 8.65. The minimum atomic E-state index is -0.274. The number of Topliss-reactive ketones (excluding diaryl/α,β-unsaturated/α-hetero) is 1. The van der Waals surface area contributed by atoms with Crippen LogP contribution in [0.2, 0.25) is 0 Å². The van der Waals surface area contributed by atoms with E-state index in [4.69, 9.17) is 0 Å². The average molecular weight is 325 g/mol. The third-order valence-corrected chi connectivity index (χ3v) is 4.76. The summed E-state index contributed by atoms with van der Waals surface area (Å²) in [5.41, 5.74) is 0.933. The second-order valence-corrected chi connectivity index (χ2v) is 6.37. The third kappa shape index (κ3) is 2.27. The van der Waals surface area contributed by atoms with Crippen LogP contribution in [-0.2, 0) is 0 Å². The van der Waals surface area contributed by atoms with Gasteiger partial charge in [-0.05, 0) is 58.6 Å². The number of halogens is 2. The summed E-state index contributed by atoms with van der Waals surface area (Å²) in [5.74, 6) is 0.230. The highest BCUT2D eigenvalue weighted by Gasteiger charge is 2.31. The summed E-state index contributed by atoms with van der Waals surface area (Å²) in [6.45, 7) is 0. The molecule has 92 valence electrons. The molecule has 4 heteroatoms. The molecule has 0 N–H and O–H groups in total. The van der Waals surface area contributed by atoms with E-state index in [2.05, 4.69) is 15.9 Å². The average Bonchev–Trinajstić information content (AvgIpc) is 3.09. The Morgan fingerprint density at radius 3 is 2.72 bits per heavy atom. The van der Waals surface area contributed by atoms with Crippen LogP contribution in [0.1, 0.15) is 22.5 Å². The van der Waals surface area contributed by atoms with Gasteiger partial charge in [0.15, 0.2) is 5.78 Å². The summed E-state index contributed by atoms with van der Waals surface area (Å²) in [6.07, 6.45) is 2.04. The quantitative estimate of drug-likeness (QED) is 0.733. The highest BCUT2D eigenvalue weighted by molar-refractivity contribution is 9.10. The van der Waals surface area contributed by atoms with Crippen molar-refractivity contribution in [1.29, 1.82) is 0 Å². The highest BCUT2D eigenvalue weighted by atomic mass is 79.9. The van der Waals surface area contributed by atoms with Gasteiger partial charge in [-0.15, -0.1) is 11.3 Å². The van der Waals surface area contributed by atoms with Crippen LogP contribution in [0, 0.1) is 11.7 Å². The maximum absolute atomic E-state index is 13.2. The van der Waals surface area contributed by atoms with Gasteiger partial charge in [0.2, 0.25) is 0 Å². The number of ketones is 1. The molecule has 0 radical (unpaired) electrons. The lowest BCUT2D eigenvalue weighted by Gasteiger charge is -1.99. The molecule has 1 aromatic heterocycles. The Kier molecular flexibility index (Phi) is 3.08. The van der Waals surface area contributed by atoms with Crippen molar-refractivity contribution < 1.29 is 9.18 Å². The smallest absolute Gasteiger partial charge is 0.175 e. The predicted octanol–water partition coefficient (Wildman–Crippen LogP) is 4.91. The first kappa shape index (κ1) is 12.1. The van der Waals surface area contributed by atoms with Crippen LogP contribution in [0.5, 0.6) is 0 Å². The van der Waals surface area contributed by atoms with Crippen molar-refractivity contribution in [3.05, 3.63) is 45.5 Å². The molecule has 1 heterocycles. The Balaban J connectivity index is 1.92. The van der Waals surface area contributed by atoms with Crippen LogP contribution in [-0.4, -0.2) is 5.78 Å². The Morgan fingerprint density at radius 2 is 2.06 bits per heavy atom. The van der Waals surface area contributed by atoms with Crippen molar-refractivity contribution in [3.63, 3.8) is 0 Å². The van der Waals surface area contributed by atoms with Crippen LogP contribution in [0.4, 0.5) is 4.39 Å². The molecule has 1 aliphatic carbocycles. The monoisotopic (exact) mass is 324 g/mol. The second kappa shape index (κ2) is 4.59. The molecule has 0 amide bonds. The van der Waals surface area contributed by atoms with Gasteiger partial charge in [-0.25, -0.2) is 4.39 Å². The van der Waals surface area contributed by atoms with Crippen molar-refractivity contribution in [2.45, 2.75) is 12.8 Å². The summed E-state index contributed by atoms with van der Waals surface area (Å²) in [6, 6.07) is 8.71. The van der Waals surface area contributed by atoms with E-state index >= 15 is 0 Å². The maximum Gasteiger partial charge on any atom is 0.175 e. The molecule has 1 fully saturated rings. The molecule has 2 aromatic rings. The van der Waals surface area contributed by atoms with Crippen LogP contribution in [0.25, 0.3) is 10.4 Å². The lowest BCUT2D eigenvalue weighted by molar-refractivity contribution is 0.0971. The fourth-order valence-electron chi connectivity index (χ4n) is 1.82. The van der Waals surface area contributed by atoms with Crippen molar-refractivity contribution in [2.75, 3.05) is 0 Å². The maximum atomic E-state index is 13.2. The summed E-state index contributed by atoms with van der Waals surface area (Å²) in [4.78, 5) is 13.7. The van der Waals surface area contributed by atoms with Crippen LogP contribution in [0.15, 0.2) is 34.8 Å². The number of carbonyl (C=O) groups excluding carboxylic acids is 1. The van der Waals surface area contributed by atoms with Crippen molar-refractivity contribution in [1.82, 2.24) is 0 Å². The molecule has 0 spiro atoms. The molecule has 1 saturated carbocycles. The van der Waals surface area contributed by atoms with E-state index in [1.165, 1.54) is 17.4 Å². The van der Waals surface area contributed by atoms with Crippen LogP contribution < -0.4 is 0 Å². The fraction of sp³-hybridized carbons (Fsp3) is 0.214. The van der Waals surface area contributed by atoms with E-state index in [0.29, 0.717) is 4.47 Å². The van der Waals surface area contributed by atoms with Gasteiger partial charge in [-0.3, -0.25) is 4.79 Å². The van der Waals surface area contributed by atoms with Crippen molar-refractivity contribution in [3.8, 4) is 10.4 Å². The molecule has 1 aliphatic rings. The van der Waals surface area contributed by atoms with Gasteiger partial charge in [-0.2, -0.15) is 0 Å². The van der Waals surface area contributed by atoms with Gasteiger partial charge in [0, 0.05) is 10.8 Å². The number of rotatable bonds is 3. The molecule has 0 saturated heterocycles. The molecule has 0 aliphatic heterocycles. The summed E-state index contributed by atoms with van der Waals surface area (Å²) >= 11 is 4.66. The summed E-state index contributed by atoms with van der Waals surface area (Å²) in [5, 5.41) is 0. The number of carbonyl (C=O) groups is 1. The normalized spacial score (nSPS) is 14.8. The zero-order valence-electron chi connectivity index (χ0n) is 9.45. The molecule has 0 bridgehead atoms. The molecule has 0 atom stereocenters. The van der Waals surface area contributed by atoms with E-state index in [0.717, 1.165) is 28.2 Å². The van der Waals surface area contributed by atoms with Crippen molar-refractivity contribution in [2.24, 2.45) is 5.92 Å². The van der Waals surface area contributed by atoms with E-state index in [-0.39, 0.29) is 17.5 Å². The number of hydrogen-bond acceptors (Lipinski definition) is 2. The second-order valence-electron chi connectivity index (χ2n) is 4.43. The zero-order valence-corrected chi connectivity index (χ0v) is 11.9. The van der Waals surface area contributed by atoms with Gasteiger partial charge in [0.05, 0.1) is 9.35 Å². The first-order valence-electron chi connectivity index (χ1n) is 5.74. The predicted molar refractivity (Wildman–Crippen MR) is 74.5 cm³/mol. The summed E-state index contributed by atoms with van der Waals surface area (Å²) in [7, 11) is 0. The van der Waals surface area contributed by atoms with Crippen molar-refractivity contribution >= 4 is 33.0 Å². The fourth-order valence-corrected chi connectivity index (χ4v) is 3.22. The zero-order chi connectivity index (χ0) is 12.7. The first-order valence-corrected chi connectivity index (χ1v) is 7.35. The van der Waals surface area contributed by atoms with Gasteiger partial charge < -0.3 is 0 Å². The topological polar surface area (TPSA) is 17.1 Å². The Bertz CT molecular complexity index is 616. The van der Waals surface area contributed by atoms with E-state index in [9.17, 15) is 9.18 Å². The SMILES string of the molecule is O=C(c1ccc(-c2ccc(F)c(Br)c2)s1)C1CC1. The van der Waals surface area contributed by atoms with Crippen LogP contribution >= 0.6 is 27.3 Å². The van der Waals surface area contributed by atoms with Gasteiger partial charge in [-0.1, -0.05) is 6.07 Å². The molecular weight excluding hydrogens is 315 g/mol. The lowest BCUT2D eigenvalue weighted by Crippen LogP contribution is -1.96. The molecule has 0 unspecified atom stereocenters. The van der Waals surface area contributed by atoms with Gasteiger partial charge >= 0.3 is 0 Å². The van der Waals surface area contributed by atoms with E-state index < -0.39 is 0 Å². The Hall–Kier alpha value is -1.00. The Morgan fingerprint density at radius 1 is 1.28 bits per heavy atom. The van der Waals surface area contributed by atoms with E-state index in [1.807, 2.05) is 12.1 Å². The van der Waals surface area contributed by atoms with E-state index in [1.54, 1.807) is 12.1 Å². The largest absolute Gasteiger partial charge is 0.293 e. The molecule has 1 aromatic carbocycles. The minimum Gasteiger partial charge on any atom is -0.293 e. The Labute approximate surface area is 117 Å². The number of hydrogen-bond donors (Lipinski definition) is 0. The molecule has 1 nitrogen and oxygen atoms in total. The molecular formula is C14H10BrFOS. The highest BCUT2D eigenvalue weighted by Crippen LogP contribution is 2.37. The summed E-state index contributed by atoms with van der Waals surface area (Å²) < 4.78 is 13.6. The van der Waals surface area contributed by atoms with Gasteiger partial charge in [0.1, 0.15) is 5.82 Å². The standard InChI is InChI=1S/C14H10BrFOS/c15-10-7-9(3-4-11(10)16)12-5-6-13(18-12)14(17)8-1-2-8/h3-8H,1-2H2. The number of benzene rings is 1. The molecule has 3 rings (SSSR count). The van der Waals surface area contributed by atoms with Gasteiger partial charge in [0.25, 0.3) is 0 Å². The third-order valence-electron chi connectivity index (χ3n) is 3.00. The molecule has 18 heavy (non-hydrogen) atoms. The number of thiophene rings is 1. The minimum absolute atomic E-state index is 0.247. The lowest BCUT2D eigenvalue weighted by atomic mass is 10.2. The van der Waals surface area contributed by atoms with Crippen LogP contribution in [0.3, 0.4) is 0 Å².